The molecule has 0 aliphatic heterocycles. The van der Waals surface area contributed by atoms with Gasteiger partial charge in [-0.05, 0) is 75.4 Å². The molecule has 21 heteroatoms. The van der Waals surface area contributed by atoms with Crippen molar-refractivity contribution in [1.82, 2.24) is 16.3 Å². The lowest BCUT2D eigenvalue weighted by Crippen LogP contribution is -2.31. The number of ketones is 3. The lowest BCUT2D eigenvalue weighted by molar-refractivity contribution is 0.100. The van der Waals surface area contributed by atoms with Crippen molar-refractivity contribution in [3.05, 3.63) is 124 Å². The van der Waals surface area contributed by atoms with Gasteiger partial charge in [0.25, 0.3) is 0 Å². The van der Waals surface area contributed by atoms with Gasteiger partial charge in [0, 0.05) is 50.4 Å². The van der Waals surface area contributed by atoms with E-state index in [9.17, 15) is 14.4 Å². The van der Waals surface area contributed by atoms with E-state index in [1.54, 1.807) is 91.0 Å². The van der Waals surface area contributed by atoms with Crippen molar-refractivity contribution in [3.8, 4) is 0 Å². The van der Waals surface area contributed by atoms with E-state index in [1.807, 2.05) is 0 Å². The van der Waals surface area contributed by atoms with Crippen LogP contribution in [0.5, 0.6) is 0 Å². The summed E-state index contributed by atoms with van der Waals surface area (Å²) in [6.07, 6.45) is 0. The second-order valence-electron chi connectivity index (χ2n) is 11.5. The number of hydrogen-bond donors (Lipinski definition) is 12. The molecule has 0 aliphatic carbocycles. The molecular formula is C36H42Cl3N15O3. The Kier molecular flexibility index (Phi) is 18.8. The van der Waals surface area contributed by atoms with Crippen LogP contribution in [-0.2, 0) is 0 Å². The van der Waals surface area contributed by atoms with E-state index >= 15 is 0 Å². The molecule has 4 aromatic rings. The summed E-state index contributed by atoms with van der Waals surface area (Å²) in [5.41, 5.74) is 27.9. The van der Waals surface area contributed by atoms with E-state index in [1.165, 1.54) is 20.8 Å². The Hall–Kier alpha value is -7.02. The molecular weight excluding hydrogens is 797 g/mol. The van der Waals surface area contributed by atoms with Crippen LogP contribution >= 0.6 is 37.2 Å². The zero-order chi connectivity index (χ0) is 39.4. The van der Waals surface area contributed by atoms with E-state index in [0.717, 1.165) is 0 Å². The first-order valence-electron chi connectivity index (χ1n) is 16.0. The highest BCUT2D eigenvalue weighted by Gasteiger charge is 2.18. The molecule has 18 nitrogen and oxygen atoms in total. The van der Waals surface area contributed by atoms with Crippen LogP contribution in [0.4, 0.5) is 17.1 Å². The minimum absolute atomic E-state index is 0. The van der Waals surface area contributed by atoms with Crippen molar-refractivity contribution in [2.45, 2.75) is 20.8 Å². The molecule has 0 saturated carbocycles. The van der Waals surface area contributed by atoms with Gasteiger partial charge in [-0.25, -0.2) is 16.3 Å². The molecule has 0 amide bonds. The van der Waals surface area contributed by atoms with Gasteiger partial charge in [-0.2, -0.15) is 15.3 Å². The first-order valence-corrected chi connectivity index (χ1v) is 16.0. The maximum Gasteiger partial charge on any atom is 0.206 e. The fraction of sp³-hybridized carbons (Fsp3) is 0.0833. The number of amidine groups is 3. The smallest absolute Gasteiger partial charge is 0.206 e. The first-order chi connectivity index (χ1) is 25.7. The number of nitrogens with two attached hydrogens (primary N) is 3. The summed E-state index contributed by atoms with van der Waals surface area (Å²) in [4.78, 5) is 36.6. The van der Waals surface area contributed by atoms with Gasteiger partial charge in [-0.3, -0.25) is 30.6 Å². The van der Waals surface area contributed by atoms with Crippen molar-refractivity contribution in [2.24, 2.45) is 32.5 Å². The van der Waals surface area contributed by atoms with Crippen LogP contribution in [-0.4, -0.2) is 52.7 Å². The van der Waals surface area contributed by atoms with Crippen molar-refractivity contribution in [2.75, 3.05) is 16.0 Å². The van der Waals surface area contributed by atoms with Crippen molar-refractivity contribution in [3.63, 3.8) is 0 Å². The van der Waals surface area contributed by atoms with Crippen LogP contribution in [0.15, 0.2) is 106 Å². The molecule has 0 bridgehead atoms. The van der Waals surface area contributed by atoms with Gasteiger partial charge < -0.3 is 33.2 Å². The fourth-order valence-electron chi connectivity index (χ4n) is 4.74. The third kappa shape index (κ3) is 14.6. The summed E-state index contributed by atoms with van der Waals surface area (Å²) < 4.78 is 0. The van der Waals surface area contributed by atoms with Crippen LogP contribution in [0.25, 0.3) is 0 Å². The maximum absolute atomic E-state index is 12.2. The number of nitrogens with one attached hydrogen (secondary N) is 9. The highest BCUT2D eigenvalue weighted by atomic mass is 35.5. The second kappa shape index (κ2) is 22.4. The van der Waals surface area contributed by atoms with Gasteiger partial charge in [-0.1, -0.05) is 36.4 Å². The van der Waals surface area contributed by atoms with Gasteiger partial charge in [0.15, 0.2) is 34.9 Å². The Labute approximate surface area is 346 Å². The van der Waals surface area contributed by atoms with Crippen LogP contribution in [0.1, 0.15) is 68.5 Å². The van der Waals surface area contributed by atoms with E-state index in [-0.39, 0.29) is 72.1 Å². The fourth-order valence-corrected chi connectivity index (χ4v) is 4.74. The zero-order valence-corrected chi connectivity index (χ0v) is 33.1. The minimum Gasteiger partial charge on any atom is -0.369 e. The highest BCUT2D eigenvalue weighted by Crippen LogP contribution is 2.21. The second-order valence-corrected chi connectivity index (χ2v) is 11.5. The standard InChI is InChI=1S/C36H39N15O3.3ClH/c1-19(52)22-7-4-10-28(16-22)43-31(46-49-34(37)38)25-13-26(32(47-50-35(39)40)44-29-11-5-8-23(17-29)20(2)53)15-27(14-25)33(48-51-36(41)42)45-30-12-6-9-24(18-30)21(3)54;;;/h4-18H,1-3H3,(H,43,46)(H,44,47)(H,45,48)(H4,37,38,49)(H4,39,40,50)(H4,41,42,51);3*1H. The minimum atomic E-state index is -0.469. The van der Waals surface area contributed by atoms with Gasteiger partial charge in [0.1, 0.15) is 0 Å². The molecule has 0 atom stereocenters. The molecule has 57 heavy (non-hydrogen) atoms. The molecule has 4 rings (SSSR count). The SMILES string of the molecule is CC(=O)c1cccc(NC(=NNC(=N)N)c2cc(C(=NNC(=N)N)Nc3cccc(C(C)=O)c3)cc(C(=NNC(=N)N)Nc3cccc(C(C)=O)c3)c2)c1.Cl.Cl.Cl. The number of rotatable bonds is 12. The summed E-state index contributed by atoms with van der Waals surface area (Å²) in [5.74, 6) is -1.56. The molecule has 0 aromatic heterocycles. The predicted octanol–water partition coefficient (Wildman–Crippen LogP) is 4.33. The largest absolute Gasteiger partial charge is 0.369 e. The van der Waals surface area contributed by atoms with Crippen molar-refractivity contribution >= 4 is 107 Å². The maximum atomic E-state index is 12.2. The Morgan fingerprint density at radius 3 is 0.895 bits per heavy atom. The zero-order valence-electron chi connectivity index (χ0n) is 30.7. The third-order valence-electron chi connectivity index (χ3n) is 7.21. The Balaban J connectivity index is 0.00000541. The summed E-state index contributed by atoms with van der Waals surface area (Å²) in [5, 5.41) is 45.8. The number of anilines is 3. The number of nitrogens with zero attached hydrogens (tertiary/aromatic N) is 3. The molecule has 0 spiro atoms. The van der Waals surface area contributed by atoms with Gasteiger partial charge in [0.2, 0.25) is 17.9 Å². The van der Waals surface area contributed by atoms with E-state index in [0.29, 0.717) is 50.4 Å². The highest BCUT2D eigenvalue weighted by molar-refractivity contribution is 6.17. The molecule has 0 fully saturated rings. The molecule has 300 valence electrons. The van der Waals surface area contributed by atoms with E-state index in [2.05, 4.69) is 47.5 Å². The number of hydrogen-bond acceptors (Lipinski definition) is 9. The van der Waals surface area contributed by atoms with Crippen LogP contribution < -0.4 is 49.4 Å². The molecule has 4 aromatic carbocycles. The Morgan fingerprint density at radius 1 is 0.439 bits per heavy atom. The van der Waals surface area contributed by atoms with Gasteiger partial charge in [0.05, 0.1) is 0 Å². The number of benzene rings is 4. The van der Waals surface area contributed by atoms with Gasteiger partial charge in [-0.15, -0.1) is 37.2 Å². The molecule has 0 saturated heterocycles. The van der Waals surface area contributed by atoms with E-state index in [4.69, 9.17) is 33.4 Å². The first kappa shape index (κ1) is 48.0. The Morgan fingerprint density at radius 2 is 0.684 bits per heavy atom. The average Bonchev–Trinajstić information content (AvgIpc) is 3.13. The molecule has 0 heterocycles. The molecule has 0 radical (unpaired) electrons. The van der Waals surface area contributed by atoms with E-state index < -0.39 is 17.9 Å². The summed E-state index contributed by atoms with van der Waals surface area (Å²) in [7, 11) is 0. The lowest BCUT2D eigenvalue weighted by Gasteiger charge is -2.18. The normalized spacial score (nSPS) is 10.9. The summed E-state index contributed by atoms with van der Waals surface area (Å²) in [6, 6.07) is 25.0. The lowest BCUT2D eigenvalue weighted by atomic mass is 10.0. The molecule has 0 aliphatic rings. The van der Waals surface area contributed by atoms with Crippen molar-refractivity contribution < 1.29 is 14.4 Å². The number of halogens is 3. The van der Waals surface area contributed by atoms with Crippen LogP contribution in [0.3, 0.4) is 0 Å². The predicted molar refractivity (Wildman–Crippen MR) is 233 cm³/mol. The molecule has 0 unspecified atom stereocenters. The Bertz CT molecular complexity index is 1980. The number of Topliss-reactive ketones (excluding diaryl/α,β-unsaturated/α-hetero) is 3. The third-order valence-corrected chi connectivity index (χ3v) is 7.21. The quantitative estimate of drug-likeness (QED) is 0.0411. The summed E-state index contributed by atoms with van der Waals surface area (Å²) >= 11 is 0. The number of hydrazone groups is 3. The number of carbonyl (C=O) groups excluding carboxylic acids is 3. The molecule has 15 N–H and O–H groups in total. The van der Waals surface area contributed by atoms with Crippen LogP contribution in [0.2, 0.25) is 0 Å². The topological polar surface area (TPSA) is 310 Å². The van der Waals surface area contributed by atoms with Crippen molar-refractivity contribution in [1.29, 1.82) is 16.2 Å². The monoisotopic (exact) mass is 837 g/mol. The number of guanidine groups is 3. The summed E-state index contributed by atoms with van der Waals surface area (Å²) in [6.45, 7) is 4.31. The average molecular weight is 839 g/mol. The van der Waals surface area contributed by atoms with Gasteiger partial charge >= 0.3 is 0 Å². The number of carbonyl (C=O) groups is 3. The van der Waals surface area contributed by atoms with Crippen LogP contribution in [0, 0.1) is 16.2 Å².